The number of hydrogen-bond donors (Lipinski definition) is 1. The first-order chi connectivity index (χ1) is 6.27. The number of nitrogens with zero attached hydrogens (tertiary/aromatic N) is 1. The van der Waals surface area contributed by atoms with Crippen LogP contribution in [0.5, 0.6) is 0 Å². The maximum absolute atomic E-state index is 10.7. The van der Waals surface area contributed by atoms with Gasteiger partial charge in [0.1, 0.15) is 5.69 Å². The lowest BCUT2D eigenvalue weighted by Gasteiger charge is -1.86. The first-order valence-electron chi connectivity index (χ1n) is 3.56. The summed E-state index contributed by atoms with van der Waals surface area (Å²) in [4.78, 5) is 14.7. The third-order valence-electron chi connectivity index (χ3n) is 1.49. The molecule has 2 rings (SSSR count). The van der Waals surface area contributed by atoms with Crippen LogP contribution in [0.25, 0.3) is 11.5 Å². The second-order valence-corrected chi connectivity index (χ2v) is 3.24. The van der Waals surface area contributed by atoms with Gasteiger partial charge in [-0.25, -0.2) is 4.98 Å². The number of carbonyl (C=O) groups is 1. The molecule has 0 unspecified atom stereocenters. The Hall–Kier alpha value is -1.62. The van der Waals surface area contributed by atoms with Gasteiger partial charge in [0.2, 0.25) is 0 Å². The molecule has 2 heterocycles. The summed E-state index contributed by atoms with van der Waals surface area (Å²) in [5, 5.41) is 2.03. The molecule has 2 aromatic heterocycles. The minimum Gasteiger partial charge on any atom is -0.463 e. The van der Waals surface area contributed by atoms with Gasteiger partial charge < -0.3 is 10.2 Å². The monoisotopic (exact) mass is 194 g/mol. The van der Waals surface area contributed by atoms with Crippen molar-refractivity contribution in [3.05, 3.63) is 28.8 Å². The van der Waals surface area contributed by atoms with Crippen LogP contribution in [0, 0.1) is 0 Å². The van der Waals surface area contributed by atoms with Crippen molar-refractivity contribution < 1.29 is 9.21 Å². The number of primary amides is 1. The van der Waals surface area contributed by atoms with E-state index in [1.807, 2.05) is 0 Å². The van der Waals surface area contributed by atoms with E-state index in [4.69, 9.17) is 10.2 Å². The van der Waals surface area contributed by atoms with Crippen LogP contribution in [-0.4, -0.2) is 10.9 Å². The summed E-state index contributed by atoms with van der Waals surface area (Å²) in [6.45, 7) is 0. The van der Waals surface area contributed by atoms with Crippen molar-refractivity contribution in [1.82, 2.24) is 4.98 Å². The maximum atomic E-state index is 10.7. The quantitative estimate of drug-likeness (QED) is 0.787. The van der Waals surface area contributed by atoms with E-state index >= 15 is 0 Å². The van der Waals surface area contributed by atoms with Crippen molar-refractivity contribution in [2.75, 3.05) is 0 Å². The topological polar surface area (TPSA) is 69.1 Å². The molecule has 1 amide bonds. The summed E-state index contributed by atoms with van der Waals surface area (Å²) in [5.41, 5.74) is 5.70. The lowest BCUT2D eigenvalue weighted by atomic mass is 10.4. The SMILES string of the molecule is NC(=O)c1nc(-c2ccco2)cs1. The van der Waals surface area contributed by atoms with Crippen molar-refractivity contribution >= 4 is 17.2 Å². The molecule has 0 fully saturated rings. The number of hydrogen-bond acceptors (Lipinski definition) is 4. The third-order valence-corrected chi connectivity index (χ3v) is 2.35. The van der Waals surface area contributed by atoms with Crippen molar-refractivity contribution in [3.8, 4) is 11.5 Å². The minimum absolute atomic E-state index is 0.298. The normalized spacial score (nSPS) is 10.2. The standard InChI is InChI=1S/C8H6N2O2S/c9-7(11)8-10-5(4-13-8)6-2-1-3-12-6/h1-4H,(H2,9,11). The fourth-order valence-corrected chi connectivity index (χ4v) is 1.58. The van der Waals surface area contributed by atoms with E-state index in [1.165, 1.54) is 11.3 Å². The molecule has 2 aromatic rings. The number of amides is 1. The van der Waals surface area contributed by atoms with Crippen LogP contribution in [0.1, 0.15) is 9.80 Å². The van der Waals surface area contributed by atoms with Crippen molar-refractivity contribution in [3.63, 3.8) is 0 Å². The number of rotatable bonds is 2. The number of carbonyl (C=O) groups excluding carboxylic acids is 1. The lowest BCUT2D eigenvalue weighted by Crippen LogP contribution is -2.09. The van der Waals surface area contributed by atoms with Gasteiger partial charge in [-0.3, -0.25) is 4.79 Å². The Labute approximate surface area is 78.0 Å². The van der Waals surface area contributed by atoms with Crippen LogP contribution in [-0.2, 0) is 0 Å². The van der Waals surface area contributed by atoms with Gasteiger partial charge in [-0.05, 0) is 12.1 Å². The Morgan fingerprint density at radius 3 is 3.00 bits per heavy atom. The van der Waals surface area contributed by atoms with Gasteiger partial charge in [-0.2, -0.15) is 0 Å². The molecule has 0 spiro atoms. The molecule has 4 nitrogen and oxygen atoms in total. The molecule has 0 aliphatic rings. The van der Waals surface area contributed by atoms with Gasteiger partial charge in [-0.15, -0.1) is 11.3 Å². The molecule has 0 radical (unpaired) electrons. The second kappa shape index (κ2) is 3.02. The Morgan fingerprint density at radius 1 is 1.62 bits per heavy atom. The lowest BCUT2D eigenvalue weighted by molar-refractivity contribution is 0.1000. The van der Waals surface area contributed by atoms with Gasteiger partial charge in [0, 0.05) is 5.38 Å². The third kappa shape index (κ3) is 1.46. The van der Waals surface area contributed by atoms with E-state index in [9.17, 15) is 4.79 Å². The average Bonchev–Trinajstić information content (AvgIpc) is 2.75. The molecular formula is C8H6N2O2S. The zero-order valence-corrected chi connectivity index (χ0v) is 7.38. The van der Waals surface area contributed by atoms with Gasteiger partial charge in [0.15, 0.2) is 10.8 Å². The Morgan fingerprint density at radius 2 is 2.46 bits per heavy atom. The highest BCUT2D eigenvalue weighted by Crippen LogP contribution is 2.21. The summed E-state index contributed by atoms with van der Waals surface area (Å²) >= 11 is 1.21. The van der Waals surface area contributed by atoms with Crippen LogP contribution in [0.2, 0.25) is 0 Å². The number of furan rings is 1. The first kappa shape index (κ1) is 8.00. The summed E-state index contributed by atoms with van der Waals surface area (Å²) in [7, 11) is 0. The van der Waals surface area contributed by atoms with E-state index in [0.717, 1.165) is 0 Å². The van der Waals surface area contributed by atoms with Crippen LogP contribution in [0.4, 0.5) is 0 Å². The number of thiazole rings is 1. The highest BCUT2D eigenvalue weighted by Gasteiger charge is 2.09. The molecule has 0 aromatic carbocycles. The number of aromatic nitrogens is 1. The fraction of sp³-hybridized carbons (Fsp3) is 0. The zero-order chi connectivity index (χ0) is 9.26. The van der Waals surface area contributed by atoms with Crippen molar-refractivity contribution in [1.29, 1.82) is 0 Å². The van der Waals surface area contributed by atoms with Gasteiger partial charge in [-0.1, -0.05) is 0 Å². The predicted molar refractivity (Wildman–Crippen MR) is 48.3 cm³/mol. The van der Waals surface area contributed by atoms with Crippen LogP contribution >= 0.6 is 11.3 Å². The van der Waals surface area contributed by atoms with Crippen LogP contribution < -0.4 is 5.73 Å². The zero-order valence-electron chi connectivity index (χ0n) is 6.56. The molecule has 0 atom stereocenters. The fourth-order valence-electron chi connectivity index (χ4n) is 0.924. The average molecular weight is 194 g/mol. The molecule has 66 valence electrons. The van der Waals surface area contributed by atoms with E-state index < -0.39 is 5.91 Å². The van der Waals surface area contributed by atoms with Crippen molar-refractivity contribution in [2.45, 2.75) is 0 Å². The summed E-state index contributed by atoms with van der Waals surface area (Å²) in [6, 6.07) is 3.54. The Kier molecular flexibility index (Phi) is 1.86. The second-order valence-electron chi connectivity index (χ2n) is 2.38. The highest BCUT2D eigenvalue weighted by atomic mass is 32.1. The minimum atomic E-state index is -0.511. The molecule has 0 aliphatic carbocycles. The van der Waals surface area contributed by atoms with E-state index in [-0.39, 0.29) is 0 Å². The van der Waals surface area contributed by atoms with E-state index in [0.29, 0.717) is 16.5 Å². The maximum Gasteiger partial charge on any atom is 0.277 e. The van der Waals surface area contributed by atoms with E-state index in [2.05, 4.69) is 4.98 Å². The van der Waals surface area contributed by atoms with Crippen molar-refractivity contribution in [2.24, 2.45) is 5.73 Å². The predicted octanol–water partition coefficient (Wildman–Crippen LogP) is 1.50. The molecule has 5 heteroatoms. The summed E-state index contributed by atoms with van der Waals surface area (Å²) in [6.07, 6.45) is 1.55. The van der Waals surface area contributed by atoms with Gasteiger partial charge in [0.05, 0.1) is 6.26 Å². The molecule has 0 aliphatic heterocycles. The molecule has 0 saturated carbocycles. The Balaban J connectivity index is 2.39. The summed E-state index contributed by atoms with van der Waals surface area (Å²) < 4.78 is 5.10. The van der Waals surface area contributed by atoms with Crippen LogP contribution in [0.3, 0.4) is 0 Å². The van der Waals surface area contributed by atoms with Crippen LogP contribution in [0.15, 0.2) is 28.2 Å². The smallest absolute Gasteiger partial charge is 0.277 e. The first-order valence-corrected chi connectivity index (χ1v) is 4.44. The van der Waals surface area contributed by atoms with Gasteiger partial charge >= 0.3 is 0 Å². The largest absolute Gasteiger partial charge is 0.463 e. The van der Waals surface area contributed by atoms with Gasteiger partial charge in [0.25, 0.3) is 5.91 Å². The molecule has 2 N–H and O–H groups in total. The Bertz CT molecular complexity index is 419. The number of nitrogens with two attached hydrogens (primary N) is 1. The van der Waals surface area contributed by atoms with E-state index in [1.54, 1.807) is 23.8 Å². The molecule has 0 saturated heterocycles. The molecular weight excluding hydrogens is 188 g/mol. The highest BCUT2D eigenvalue weighted by molar-refractivity contribution is 7.12. The molecule has 0 bridgehead atoms. The summed E-state index contributed by atoms with van der Waals surface area (Å²) in [5.74, 6) is 0.131. The molecule has 13 heavy (non-hydrogen) atoms.